The molecule has 3 heterocycles. The molecule has 1 atom stereocenters. The van der Waals surface area contributed by atoms with Crippen LogP contribution in [0.3, 0.4) is 0 Å². The van der Waals surface area contributed by atoms with E-state index in [0.717, 1.165) is 38.9 Å². The fourth-order valence-electron chi connectivity index (χ4n) is 2.90. The third kappa shape index (κ3) is 2.82. The first kappa shape index (κ1) is 13.9. The fraction of sp³-hybridized carbons (Fsp3) is 0.643. The van der Waals surface area contributed by atoms with Crippen LogP contribution in [0.2, 0.25) is 0 Å². The maximum absolute atomic E-state index is 11.1. The van der Waals surface area contributed by atoms with Crippen LogP contribution in [0, 0.1) is 0 Å². The number of hydrogen-bond acceptors (Lipinski definition) is 5. The van der Waals surface area contributed by atoms with Crippen molar-refractivity contribution in [3.05, 3.63) is 16.3 Å². The molecule has 2 saturated heterocycles. The number of carbonyl (C=O) groups is 1. The van der Waals surface area contributed by atoms with E-state index in [9.17, 15) is 4.79 Å². The van der Waals surface area contributed by atoms with Crippen molar-refractivity contribution in [2.45, 2.75) is 37.4 Å². The van der Waals surface area contributed by atoms with E-state index >= 15 is 0 Å². The molecule has 1 unspecified atom stereocenters. The lowest BCUT2D eigenvalue weighted by Crippen LogP contribution is -2.47. The zero-order chi connectivity index (χ0) is 14.0. The Balaban J connectivity index is 1.68. The molecule has 0 aromatic carbocycles. The van der Waals surface area contributed by atoms with E-state index in [4.69, 9.17) is 19.3 Å². The minimum Gasteiger partial charge on any atom is -0.488 e. The molecule has 1 aromatic rings. The number of aromatic carboxylic acids is 1. The SMILES string of the molecule is O=C(O)c1sccc1OC1CCOC2(CCOCC2)C1. The minimum absolute atomic E-state index is 0.0227. The van der Waals surface area contributed by atoms with Crippen LogP contribution in [0.5, 0.6) is 5.75 Å². The van der Waals surface area contributed by atoms with Crippen molar-refractivity contribution < 1.29 is 24.1 Å². The lowest BCUT2D eigenvalue weighted by molar-refractivity contribution is -0.155. The zero-order valence-electron chi connectivity index (χ0n) is 11.2. The molecule has 2 fully saturated rings. The molecule has 0 bridgehead atoms. The Morgan fingerprint density at radius 1 is 1.40 bits per heavy atom. The van der Waals surface area contributed by atoms with Crippen LogP contribution in [0.25, 0.3) is 0 Å². The molecule has 1 N–H and O–H groups in total. The van der Waals surface area contributed by atoms with Crippen molar-refractivity contribution in [2.24, 2.45) is 0 Å². The molecule has 0 saturated carbocycles. The van der Waals surface area contributed by atoms with Gasteiger partial charge < -0.3 is 19.3 Å². The highest BCUT2D eigenvalue weighted by Crippen LogP contribution is 2.36. The summed E-state index contributed by atoms with van der Waals surface area (Å²) in [7, 11) is 0. The van der Waals surface area contributed by atoms with Gasteiger partial charge in [0.15, 0.2) is 4.88 Å². The maximum atomic E-state index is 11.1. The second kappa shape index (κ2) is 5.71. The standard InChI is InChI=1S/C14H18O5S/c15-13(16)12-11(2-8-20-12)19-10-1-5-18-14(9-10)3-6-17-7-4-14/h2,8,10H,1,3-7,9H2,(H,15,16). The molecule has 6 heteroatoms. The number of carboxylic acids is 1. The van der Waals surface area contributed by atoms with Gasteiger partial charge in [-0.3, -0.25) is 0 Å². The van der Waals surface area contributed by atoms with E-state index in [1.165, 1.54) is 11.3 Å². The van der Waals surface area contributed by atoms with Gasteiger partial charge in [0.2, 0.25) is 0 Å². The third-order valence-electron chi connectivity index (χ3n) is 3.97. The van der Waals surface area contributed by atoms with E-state index in [0.29, 0.717) is 12.4 Å². The summed E-state index contributed by atoms with van der Waals surface area (Å²) in [5.74, 6) is -0.445. The number of rotatable bonds is 3. The molecule has 1 spiro atoms. The second-order valence-electron chi connectivity index (χ2n) is 5.30. The van der Waals surface area contributed by atoms with E-state index in [1.54, 1.807) is 11.4 Å². The average Bonchev–Trinajstić information content (AvgIpc) is 2.88. The first-order valence-electron chi connectivity index (χ1n) is 6.88. The van der Waals surface area contributed by atoms with E-state index in [-0.39, 0.29) is 16.6 Å². The fourth-order valence-corrected chi connectivity index (χ4v) is 3.56. The summed E-state index contributed by atoms with van der Waals surface area (Å²) >= 11 is 1.20. The van der Waals surface area contributed by atoms with Crippen molar-refractivity contribution in [3.63, 3.8) is 0 Å². The largest absolute Gasteiger partial charge is 0.488 e. The minimum atomic E-state index is -0.928. The lowest BCUT2D eigenvalue weighted by Gasteiger charge is -2.43. The van der Waals surface area contributed by atoms with Crippen molar-refractivity contribution in [1.82, 2.24) is 0 Å². The number of hydrogen-bond donors (Lipinski definition) is 1. The molecular formula is C14H18O5S. The molecular weight excluding hydrogens is 280 g/mol. The smallest absolute Gasteiger partial charge is 0.349 e. The molecule has 5 nitrogen and oxygen atoms in total. The van der Waals surface area contributed by atoms with Crippen LogP contribution in [0.4, 0.5) is 0 Å². The van der Waals surface area contributed by atoms with Gasteiger partial charge in [-0.05, 0) is 24.3 Å². The Morgan fingerprint density at radius 2 is 2.20 bits per heavy atom. The van der Waals surface area contributed by atoms with Crippen LogP contribution in [-0.2, 0) is 9.47 Å². The van der Waals surface area contributed by atoms with Gasteiger partial charge in [0.1, 0.15) is 11.9 Å². The Hall–Kier alpha value is -1.11. The van der Waals surface area contributed by atoms with E-state index in [1.807, 2.05) is 0 Å². The molecule has 2 aliphatic rings. The molecule has 20 heavy (non-hydrogen) atoms. The van der Waals surface area contributed by atoms with Crippen LogP contribution in [-0.4, -0.2) is 42.6 Å². The summed E-state index contributed by atoms with van der Waals surface area (Å²) < 4.78 is 17.3. The molecule has 0 aliphatic carbocycles. The van der Waals surface area contributed by atoms with Crippen LogP contribution < -0.4 is 4.74 Å². The predicted molar refractivity (Wildman–Crippen MR) is 73.7 cm³/mol. The van der Waals surface area contributed by atoms with Crippen molar-refractivity contribution in [1.29, 1.82) is 0 Å². The average molecular weight is 298 g/mol. The molecule has 2 aliphatic heterocycles. The third-order valence-corrected chi connectivity index (χ3v) is 4.85. The molecule has 0 radical (unpaired) electrons. The normalized spacial score (nSPS) is 25.5. The van der Waals surface area contributed by atoms with Crippen molar-refractivity contribution in [2.75, 3.05) is 19.8 Å². The summed E-state index contributed by atoms with van der Waals surface area (Å²) in [4.78, 5) is 11.4. The monoisotopic (exact) mass is 298 g/mol. The number of thiophene rings is 1. The van der Waals surface area contributed by atoms with Gasteiger partial charge in [0.25, 0.3) is 0 Å². The first-order chi connectivity index (χ1) is 9.69. The van der Waals surface area contributed by atoms with Crippen molar-refractivity contribution >= 4 is 17.3 Å². The van der Waals surface area contributed by atoms with Gasteiger partial charge in [-0.25, -0.2) is 4.79 Å². The summed E-state index contributed by atoms with van der Waals surface area (Å²) in [5, 5.41) is 10.9. The number of carboxylic acid groups (broad SMARTS) is 1. The Bertz CT molecular complexity index is 472. The number of ether oxygens (including phenoxy) is 3. The molecule has 0 amide bonds. The van der Waals surface area contributed by atoms with Crippen LogP contribution >= 0.6 is 11.3 Å². The van der Waals surface area contributed by atoms with Gasteiger partial charge in [0, 0.05) is 26.1 Å². The quantitative estimate of drug-likeness (QED) is 0.929. The highest BCUT2D eigenvalue weighted by atomic mass is 32.1. The van der Waals surface area contributed by atoms with Gasteiger partial charge in [-0.2, -0.15) is 0 Å². The summed E-state index contributed by atoms with van der Waals surface area (Å²) in [6.45, 7) is 2.12. The summed E-state index contributed by atoms with van der Waals surface area (Å²) in [6.07, 6.45) is 3.42. The Morgan fingerprint density at radius 3 is 2.95 bits per heavy atom. The summed E-state index contributed by atoms with van der Waals surface area (Å²) in [5.41, 5.74) is -0.138. The van der Waals surface area contributed by atoms with E-state index in [2.05, 4.69) is 0 Å². The van der Waals surface area contributed by atoms with Gasteiger partial charge in [-0.15, -0.1) is 11.3 Å². The zero-order valence-corrected chi connectivity index (χ0v) is 12.0. The van der Waals surface area contributed by atoms with Crippen LogP contribution in [0.1, 0.15) is 35.4 Å². The highest BCUT2D eigenvalue weighted by Gasteiger charge is 2.40. The predicted octanol–water partition coefficient (Wildman–Crippen LogP) is 2.55. The summed E-state index contributed by atoms with van der Waals surface area (Å²) in [6, 6.07) is 1.74. The van der Waals surface area contributed by atoms with Gasteiger partial charge in [-0.1, -0.05) is 0 Å². The Labute approximate surface area is 121 Å². The lowest BCUT2D eigenvalue weighted by atomic mass is 9.85. The molecule has 110 valence electrons. The maximum Gasteiger partial charge on any atom is 0.349 e. The second-order valence-corrected chi connectivity index (χ2v) is 6.21. The van der Waals surface area contributed by atoms with Gasteiger partial charge in [0.05, 0.1) is 12.2 Å². The van der Waals surface area contributed by atoms with Crippen molar-refractivity contribution in [3.8, 4) is 5.75 Å². The van der Waals surface area contributed by atoms with Gasteiger partial charge >= 0.3 is 5.97 Å². The van der Waals surface area contributed by atoms with Crippen LogP contribution in [0.15, 0.2) is 11.4 Å². The molecule has 1 aromatic heterocycles. The van der Waals surface area contributed by atoms with E-state index < -0.39 is 5.97 Å². The Kier molecular flexibility index (Phi) is 3.96. The first-order valence-corrected chi connectivity index (χ1v) is 7.76. The molecule has 3 rings (SSSR count). The topological polar surface area (TPSA) is 65.0 Å². The highest BCUT2D eigenvalue weighted by molar-refractivity contribution is 7.12.